The van der Waals surface area contributed by atoms with Crippen molar-refractivity contribution in [2.75, 3.05) is 0 Å². The van der Waals surface area contributed by atoms with Crippen LogP contribution in [0.1, 0.15) is 76.2 Å². The van der Waals surface area contributed by atoms with Crippen LogP contribution in [0.15, 0.2) is 61.1 Å². The highest BCUT2D eigenvalue weighted by molar-refractivity contribution is 5.81. The van der Waals surface area contributed by atoms with E-state index in [2.05, 4.69) is 79.1 Å². The van der Waals surface area contributed by atoms with Gasteiger partial charge in [-0.3, -0.25) is 15.2 Å². The fourth-order valence-corrected chi connectivity index (χ4v) is 2.73. The fourth-order valence-electron chi connectivity index (χ4n) is 2.73. The molecule has 0 aliphatic heterocycles. The van der Waals surface area contributed by atoms with Crippen molar-refractivity contribution >= 4 is 10.9 Å². The summed E-state index contributed by atoms with van der Waals surface area (Å²) in [4.78, 5) is 4.01. The molecule has 0 aliphatic carbocycles. The summed E-state index contributed by atoms with van der Waals surface area (Å²) in [6.45, 7) is 12.9. The quantitative estimate of drug-likeness (QED) is 0.423. The number of aromatic amines is 2. The van der Waals surface area contributed by atoms with Crippen molar-refractivity contribution in [2.45, 2.75) is 59.3 Å². The Bertz CT molecular complexity index is 938. The van der Waals surface area contributed by atoms with Gasteiger partial charge >= 0.3 is 0 Å². The van der Waals surface area contributed by atoms with Crippen molar-refractivity contribution in [3.63, 3.8) is 0 Å². The molecule has 0 bridgehead atoms. The van der Waals surface area contributed by atoms with Crippen LogP contribution in [0.5, 0.6) is 0 Å². The molecule has 0 unspecified atom stereocenters. The number of fused-ring (bicyclic) bond motifs is 1. The van der Waals surface area contributed by atoms with Gasteiger partial charge in [-0.1, -0.05) is 65.8 Å². The predicted molar refractivity (Wildman–Crippen MR) is 121 cm³/mol. The second-order valence-electron chi connectivity index (χ2n) is 7.92. The molecule has 4 rings (SSSR count). The Labute approximate surface area is 174 Å². The van der Waals surface area contributed by atoms with Crippen LogP contribution in [0.4, 0.5) is 0 Å². The largest absolute Gasteiger partial charge is 0.282 e. The smallest absolute Gasteiger partial charge is 0.0923 e. The van der Waals surface area contributed by atoms with Gasteiger partial charge in [0, 0.05) is 35.4 Å². The molecular formula is C24H33N5. The van der Waals surface area contributed by atoms with Gasteiger partial charge in [-0.15, -0.1) is 0 Å². The number of para-hydroxylation sites is 1. The maximum Gasteiger partial charge on any atom is 0.0923 e. The van der Waals surface area contributed by atoms with Crippen LogP contribution in [0, 0.1) is 0 Å². The molecule has 0 radical (unpaired) electrons. The van der Waals surface area contributed by atoms with Crippen LogP contribution in [0.2, 0.25) is 0 Å². The third-order valence-electron chi connectivity index (χ3n) is 4.56. The molecule has 0 spiro atoms. The lowest BCUT2D eigenvalue weighted by Crippen LogP contribution is -1.86. The number of pyridine rings is 1. The number of aromatic nitrogens is 5. The van der Waals surface area contributed by atoms with Gasteiger partial charge in [0.2, 0.25) is 0 Å². The summed E-state index contributed by atoms with van der Waals surface area (Å²) >= 11 is 0. The summed E-state index contributed by atoms with van der Waals surface area (Å²) in [5.41, 5.74) is 4.79. The second-order valence-corrected chi connectivity index (χ2v) is 7.92. The lowest BCUT2D eigenvalue weighted by atomic mass is 10.1. The Balaban J connectivity index is 0.000000160. The van der Waals surface area contributed by atoms with E-state index < -0.39 is 0 Å². The van der Waals surface area contributed by atoms with Crippen LogP contribution in [0.25, 0.3) is 10.9 Å². The molecule has 0 saturated heterocycles. The molecule has 0 aliphatic rings. The average Bonchev–Trinajstić information content (AvgIpc) is 3.40. The molecule has 2 N–H and O–H groups in total. The number of rotatable bonds is 3. The topological polar surface area (TPSA) is 70.2 Å². The zero-order chi connectivity index (χ0) is 21.2. The van der Waals surface area contributed by atoms with Crippen LogP contribution >= 0.6 is 0 Å². The number of nitrogens with one attached hydrogen (secondary N) is 2. The lowest BCUT2D eigenvalue weighted by molar-refractivity contribution is 0.810. The summed E-state index contributed by atoms with van der Waals surface area (Å²) in [6.07, 6.45) is 5.48. The highest BCUT2D eigenvalue weighted by atomic mass is 15.1. The summed E-state index contributed by atoms with van der Waals surface area (Å²) in [7, 11) is 0. The Morgan fingerprint density at radius 1 is 0.724 bits per heavy atom. The van der Waals surface area contributed by atoms with Gasteiger partial charge in [-0.2, -0.15) is 10.2 Å². The summed E-state index contributed by atoms with van der Waals surface area (Å²) in [5, 5.41) is 15.2. The Hall–Kier alpha value is -2.95. The van der Waals surface area contributed by atoms with E-state index in [0.29, 0.717) is 17.8 Å². The normalized spacial score (nSPS) is 10.7. The third-order valence-corrected chi connectivity index (χ3v) is 4.56. The van der Waals surface area contributed by atoms with Crippen molar-refractivity contribution < 1.29 is 0 Å². The van der Waals surface area contributed by atoms with Crippen LogP contribution in [-0.2, 0) is 0 Å². The molecule has 1 aromatic carbocycles. The third kappa shape index (κ3) is 6.86. The minimum absolute atomic E-state index is 0.511. The zero-order valence-electron chi connectivity index (χ0n) is 18.3. The van der Waals surface area contributed by atoms with Crippen molar-refractivity contribution in [2.24, 2.45) is 0 Å². The first-order valence-corrected chi connectivity index (χ1v) is 10.2. The molecule has 0 fully saturated rings. The van der Waals surface area contributed by atoms with Gasteiger partial charge in [0.25, 0.3) is 0 Å². The molecule has 5 nitrogen and oxygen atoms in total. The summed E-state index contributed by atoms with van der Waals surface area (Å²) in [5.74, 6) is 1.67. The van der Waals surface area contributed by atoms with E-state index in [1.807, 2.05) is 36.5 Å². The van der Waals surface area contributed by atoms with Crippen LogP contribution < -0.4 is 0 Å². The van der Waals surface area contributed by atoms with E-state index in [1.165, 1.54) is 22.3 Å². The van der Waals surface area contributed by atoms with Gasteiger partial charge in [0.05, 0.1) is 5.52 Å². The zero-order valence-corrected chi connectivity index (χ0v) is 18.3. The summed E-state index contributed by atoms with van der Waals surface area (Å²) in [6, 6.07) is 14.2. The van der Waals surface area contributed by atoms with Crippen LogP contribution in [0.3, 0.4) is 0 Å². The highest BCUT2D eigenvalue weighted by Crippen LogP contribution is 2.21. The lowest BCUT2D eigenvalue weighted by Gasteiger charge is -2.00. The summed E-state index contributed by atoms with van der Waals surface area (Å²) < 4.78 is 0. The minimum atomic E-state index is 0.511. The number of hydrogen-bond donors (Lipinski definition) is 2. The molecular weight excluding hydrogens is 358 g/mol. The van der Waals surface area contributed by atoms with Gasteiger partial charge < -0.3 is 0 Å². The Kier molecular flexibility index (Phi) is 8.59. The van der Waals surface area contributed by atoms with E-state index >= 15 is 0 Å². The fraction of sp³-hybridized carbons (Fsp3) is 0.375. The number of H-pyrrole nitrogens is 2. The van der Waals surface area contributed by atoms with E-state index in [-0.39, 0.29) is 0 Å². The van der Waals surface area contributed by atoms with Gasteiger partial charge in [0.15, 0.2) is 0 Å². The van der Waals surface area contributed by atoms with Crippen molar-refractivity contribution in [3.05, 3.63) is 78.0 Å². The molecule has 0 atom stereocenters. The molecule has 154 valence electrons. The molecule has 4 aromatic rings. The van der Waals surface area contributed by atoms with Crippen molar-refractivity contribution in [1.29, 1.82) is 0 Å². The molecule has 0 amide bonds. The average molecular weight is 392 g/mol. The van der Waals surface area contributed by atoms with E-state index in [4.69, 9.17) is 0 Å². The number of benzene rings is 1. The van der Waals surface area contributed by atoms with Gasteiger partial charge in [-0.05, 0) is 41.5 Å². The predicted octanol–water partition coefficient (Wildman–Crippen LogP) is 6.42. The first-order chi connectivity index (χ1) is 13.9. The Morgan fingerprint density at radius 2 is 1.48 bits per heavy atom. The van der Waals surface area contributed by atoms with Gasteiger partial charge in [0.1, 0.15) is 0 Å². The molecule has 0 saturated carbocycles. The first-order valence-electron chi connectivity index (χ1n) is 10.2. The van der Waals surface area contributed by atoms with E-state index in [1.54, 1.807) is 12.4 Å². The monoisotopic (exact) mass is 391 g/mol. The van der Waals surface area contributed by atoms with Crippen LogP contribution in [-0.4, -0.2) is 25.4 Å². The van der Waals surface area contributed by atoms with E-state index in [9.17, 15) is 0 Å². The minimum Gasteiger partial charge on any atom is -0.282 e. The molecule has 3 heterocycles. The standard InChI is InChI=1S/C10H12N2.C8H11N.C6H10N2/c1-7(2)10-8-5-3-4-6-9(8)11-12-10;1-7(2)8-4-3-5-9-6-8;1-5(2)6-3-4-7-8-6/h3-7H,1-2H3,(H,11,12);3-7H,1-2H3;3-5H,1-2H3,(H,7,8). The number of nitrogens with zero attached hydrogens (tertiary/aromatic N) is 3. The Morgan fingerprint density at radius 3 is 1.97 bits per heavy atom. The van der Waals surface area contributed by atoms with Crippen molar-refractivity contribution in [3.8, 4) is 0 Å². The van der Waals surface area contributed by atoms with E-state index in [0.717, 1.165) is 5.52 Å². The molecule has 5 heteroatoms. The first kappa shape index (κ1) is 22.3. The van der Waals surface area contributed by atoms with Gasteiger partial charge in [-0.25, -0.2) is 0 Å². The number of hydrogen-bond acceptors (Lipinski definition) is 3. The molecule has 29 heavy (non-hydrogen) atoms. The molecule has 3 aromatic heterocycles. The maximum atomic E-state index is 4.21. The second kappa shape index (κ2) is 11.1. The maximum absolute atomic E-state index is 4.21. The highest BCUT2D eigenvalue weighted by Gasteiger charge is 2.06. The SMILES string of the molecule is CC(C)c1[nH]nc2ccccc12.CC(C)c1cccnc1.CC(C)c1ccn[nH]1. The van der Waals surface area contributed by atoms with Crippen molar-refractivity contribution in [1.82, 2.24) is 25.4 Å².